The fraction of sp³-hybridized carbons (Fsp3) is 0.0435. The number of benzene rings is 3. The Morgan fingerprint density at radius 1 is 0.852 bits per heavy atom. The Hall–Kier alpha value is -2.98. The van der Waals surface area contributed by atoms with E-state index in [2.05, 4.69) is 36.5 Å². The molecule has 0 amide bonds. The summed E-state index contributed by atoms with van der Waals surface area (Å²) in [5.74, 6) is -0.272. The number of hydrogen-bond acceptors (Lipinski definition) is 3. The molecule has 0 aliphatic carbocycles. The van der Waals surface area contributed by atoms with Crippen molar-refractivity contribution in [1.29, 1.82) is 0 Å². The molecule has 0 fully saturated rings. The van der Waals surface area contributed by atoms with Crippen LogP contribution in [0.3, 0.4) is 0 Å². The quantitative estimate of drug-likeness (QED) is 0.335. The number of aliphatic imine (C=N–C) groups is 1. The van der Waals surface area contributed by atoms with Gasteiger partial charge in [0.2, 0.25) is 0 Å². The van der Waals surface area contributed by atoms with Crippen molar-refractivity contribution >= 4 is 30.2 Å². The standard InChI is InChI=1S/C23H17FN2S/c1-25-14-19-12-18-13-20(24)8-11-22(18)26-23(19)17-4-2-15(3-5-17)16-6-9-21(27)10-7-16/h2-13,27H,1,14H2. The molecule has 0 N–H and O–H groups in total. The van der Waals surface area contributed by atoms with E-state index in [4.69, 9.17) is 4.98 Å². The van der Waals surface area contributed by atoms with Gasteiger partial charge in [-0.3, -0.25) is 4.99 Å². The number of fused-ring (bicyclic) bond motifs is 1. The molecule has 1 heterocycles. The molecule has 0 aliphatic rings. The van der Waals surface area contributed by atoms with E-state index in [0.29, 0.717) is 6.54 Å². The minimum absolute atomic E-state index is 0.272. The van der Waals surface area contributed by atoms with Crippen molar-refractivity contribution in [2.24, 2.45) is 4.99 Å². The first-order valence-corrected chi connectivity index (χ1v) is 9.00. The smallest absolute Gasteiger partial charge is 0.123 e. The average Bonchev–Trinajstić information content (AvgIpc) is 2.68. The Labute approximate surface area is 162 Å². The van der Waals surface area contributed by atoms with Crippen LogP contribution < -0.4 is 0 Å². The summed E-state index contributed by atoms with van der Waals surface area (Å²) < 4.78 is 13.5. The van der Waals surface area contributed by atoms with Crippen molar-refractivity contribution in [3.8, 4) is 22.4 Å². The molecule has 4 rings (SSSR count). The van der Waals surface area contributed by atoms with Gasteiger partial charge in [0, 0.05) is 21.4 Å². The van der Waals surface area contributed by atoms with Gasteiger partial charge in [0.1, 0.15) is 5.82 Å². The molecule has 3 aromatic carbocycles. The maximum Gasteiger partial charge on any atom is 0.123 e. The number of pyridine rings is 1. The molecule has 0 saturated carbocycles. The molecule has 27 heavy (non-hydrogen) atoms. The predicted molar refractivity (Wildman–Crippen MR) is 113 cm³/mol. The summed E-state index contributed by atoms with van der Waals surface area (Å²) in [5, 5.41) is 0.765. The first-order chi connectivity index (χ1) is 13.1. The molecule has 0 radical (unpaired) electrons. The number of thiol groups is 1. The molecule has 0 bridgehead atoms. The van der Waals surface area contributed by atoms with Gasteiger partial charge in [0.15, 0.2) is 0 Å². The van der Waals surface area contributed by atoms with Crippen molar-refractivity contribution < 1.29 is 4.39 Å². The third-order valence-corrected chi connectivity index (χ3v) is 4.79. The zero-order valence-electron chi connectivity index (χ0n) is 14.6. The summed E-state index contributed by atoms with van der Waals surface area (Å²) in [7, 11) is 0. The number of halogens is 1. The zero-order valence-corrected chi connectivity index (χ0v) is 15.5. The maximum atomic E-state index is 13.5. The van der Waals surface area contributed by atoms with Crippen LogP contribution in [-0.4, -0.2) is 11.7 Å². The molecule has 4 aromatic rings. The Kier molecular flexibility index (Phi) is 4.73. The molecular formula is C23H17FN2S. The van der Waals surface area contributed by atoms with Gasteiger partial charge in [-0.15, -0.1) is 12.6 Å². The van der Waals surface area contributed by atoms with Crippen LogP contribution in [0.2, 0.25) is 0 Å². The molecule has 0 aliphatic heterocycles. The number of hydrogen-bond donors (Lipinski definition) is 1. The van der Waals surface area contributed by atoms with Gasteiger partial charge in [-0.1, -0.05) is 36.4 Å². The Morgan fingerprint density at radius 3 is 2.15 bits per heavy atom. The number of aromatic nitrogens is 1. The minimum atomic E-state index is -0.272. The molecule has 0 saturated heterocycles. The van der Waals surface area contributed by atoms with E-state index in [1.807, 2.05) is 42.5 Å². The lowest BCUT2D eigenvalue weighted by Crippen LogP contribution is -1.94. The highest BCUT2D eigenvalue weighted by atomic mass is 32.1. The third-order valence-electron chi connectivity index (χ3n) is 4.50. The van der Waals surface area contributed by atoms with Crippen LogP contribution in [0.5, 0.6) is 0 Å². The predicted octanol–water partition coefficient (Wildman–Crippen LogP) is 6.20. The molecule has 0 atom stereocenters. The SMILES string of the molecule is C=NCc1cc2cc(F)ccc2nc1-c1ccc(-c2ccc(S)cc2)cc1. The average molecular weight is 372 g/mol. The third kappa shape index (κ3) is 3.62. The second-order valence-corrected chi connectivity index (χ2v) is 6.86. The lowest BCUT2D eigenvalue weighted by Gasteiger charge is -2.11. The van der Waals surface area contributed by atoms with Crippen LogP contribution in [0.1, 0.15) is 5.56 Å². The Balaban J connectivity index is 1.78. The lowest BCUT2D eigenvalue weighted by molar-refractivity contribution is 0.629. The minimum Gasteiger partial charge on any atom is -0.296 e. The van der Waals surface area contributed by atoms with Gasteiger partial charge in [-0.2, -0.15) is 0 Å². The highest BCUT2D eigenvalue weighted by molar-refractivity contribution is 7.80. The molecule has 0 spiro atoms. The van der Waals surface area contributed by atoms with Gasteiger partial charge in [-0.05, 0) is 54.2 Å². The van der Waals surface area contributed by atoms with Crippen LogP contribution in [0.25, 0.3) is 33.3 Å². The molecular weight excluding hydrogens is 355 g/mol. The largest absolute Gasteiger partial charge is 0.296 e. The highest BCUT2D eigenvalue weighted by Gasteiger charge is 2.10. The number of nitrogens with zero attached hydrogens (tertiary/aromatic N) is 2. The van der Waals surface area contributed by atoms with Crippen LogP contribution >= 0.6 is 12.6 Å². The van der Waals surface area contributed by atoms with E-state index in [1.54, 1.807) is 6.07 Å². The normalized spacial score (nSPS) is 10.9. The Bertz CT molecular complexity index is 1120. The topological polar surface area (TPSA) is 25.2 Å². The van der Waals surface area contributed by atoms with Crippen molar-refractivity contribution in [1.82, 2.24) is 4.98 Å². The van der Waals surface area contributed by atoms with Crippen LogP contribution in [0, 0.1) is 5.82 Å². The molecule has 132 valence electrons. The summed E-state index contributed by atoms with van der Waals surface area (Å²) in [6.45, 7) is 4.02. The van der Waals surface area contributed by atoms with Crippen LogP contribution in [0.15, 0.2) is 82.7 Å². The second-order valence-electron chi connectivity index (χ2n) is 6.34. The Morgan fingerprint density at radius 2 is 1.48 bits per heavy atom. The van der Waals surface area contributed by atoms with E-state index < -0.39 is 0 Å². The van der Waals surface area contributed by atoms with Gasteiger partial charge in [0.25, 0.3) is 0 Å². The van der Waals surface area contributed by atoms with Gasteiger partial charge >= 0.3 is 0 Å². The fourth-order valence-electron chi connectivity index (χ4n) is 3.16. The first kappa shape index (κ1) is 17.4. The molecule has 2 nitrogen and oxygen atoms in total. The summed E-state index contributed by atoms with van der Waals surface area (Å²) >= 11 is 4.33. The monoisotopic (exact) mass is 372 g/mol. The summed E-state index contributed by atoms with van der Waals surface area (Å²) in [4.78, 5) is 9.70. The van der Waals surface area contributed by atoms with Crippen molar-refractivity contribution in [2.75, 3.05) is 0 Å². The summed E-state index contributed by atoms with van der Waals surface area (Å²) in [6.07, 6.45) is 0. The van der Waals surface area contributed by atoms with E-state index >= 15 is 0 Å². The second kappa shape index (κ2) is 7.33. The van der Waals surface area contributed by atoms with Crippen LogP contribution in [-0.2, 0) is 6.54 Å². The molecule has 4 heteroatoms. The van der Waals surface area contributed by atoms with E-state index in [1.165, 1.54) is 12.1 Å². The number of rotatable bonds is 4. The van der Waals surface area contributed by atoms with Crippen molar-refractivity contribution in [2.45, 2.75) is 11.4 Å². The van der Waals surface area contributed by atoms with E-state index in [-0.39, 0.29) is 5.82 Å². The van der Waals surface area contributed by atoms with Crippen molar-refractivity contribution in [3.05, 3.63) is 84.2 Å². The lowest BCUT2D eigenvalue weighted by atomic mass is 9.99. The van der Waals surface area contributed by atoms with Gasteiger partial charge in [0.05, 0.1) is 17.8 Å². The van der Waals surface area contributed by atoms with Crippen LogP contribution in [0.4, 0.5) is 4.39 Å². The van der Waals surface area contributed by atoms with E-state index in [0.717, 1.165) is 43.7 Å². The maximum absolute atomic E-state index is 13.5. The molecule has 0 unspecified atom stereocenters. The summed E-state index contributed by atoms with van der Waals surface area (Å²) in [6, 6.07) is 22.9. The zero-order chi connectivity index (χ0) is 18.8. The highest BCUT2D eigenvalue weighted by Crippen LogP contribution is 2.29. The molecule has 1 aromatic heterocycles. The van der Waals surface area contributed by atoms with E-state index in [9.17, 15) is 4.39 Å². The first-order valence-electron chi connectivity index (χ1n) is 8.55. The van der Waals surface area contributed by atoms with Gasteiger partial charge in [-0.25, -0.2) is 9.37 Å². The van der Waals surface area contributed by atoms with Crippen molar-refractivity contribution in [3.63, 3.8) is 0 Å². The summed E-state index contributed by atoms with van der Waals surface area (Å²) in [5.41, 5.74) is 5.78. The fourth-order valence-corrected chi connectivity index (χ4v) is 3.31. The van der Waals surface area contributed by atoms with Gasteiger partial charge < -0.3 is 0 Å².